The van der Waals surface area contributed by atoms with E-state index in [9.17, 15) is 19.5 Å². The molecule has 3 N–H and O–H groups in total. The van der Waals surface area contributed by atoms with Crippen molar-refractivity contribution in [2.24, 2.45) is 5.92 Å². The van der Waals surface area contributed by atoms with E-state index in [0.29, 0.717) is 18.8 Å². The predicted octanol–water partition coefficient (Wildman–Crippen LogP) is 0.199. The third-order valence-electron chi connectivity index (χ3n) is 5.28. The predicted molar refractivity (Wildman–Crippen MR) is 101 cm³/mol. The molecule has 0 aliphatic carbocycles. The van der Waals surface area contributed by atoms with E-state index >= 15 is 0 Å². The number of nitrogens with zero attached hydrogens (tertiary/aromatic N) is 2. The minimum Gasteiger partial charge on any atom is -0.396 e. The topological polar surface area (TPSA) is 112 Å². The van der Waals surface area contributed by atoms with E-state index in [2.05, 4.69) is 20.5 Å². The fourth-order valence-electron chi connectivity index (χ4n) is 3.53. The summed E-state index contributed by atoms with van der Waals surface area (Å²) in [5.41, 5.74) is 1.70. The van der Waals surface area contributed by atoms with Crippen molar-refractivity contribution in [3.8, 4) is 0 Å². The molecule has 2 fully saturated rings. The number of carbonyl (C=O) groups is 1. The molecule has 2 aliphatic heterocycles. The van der Waals surface area contributed by atoms with E-state index in [1.54, 1.807) is 24.1 Å². The molecule has 1 atom stereocenters. The number of amides is 1. The average molecular weight is 384 g/mol. The van der Waals surface area contributed by atoms with E-state index < -0.39 is 6.04 Å². The van der Waals surface area contributed by atoms with Crippen LogP contribution in [-0.2, 0) is 16.1 Å². The zero-order chi connectivity index (χ0) is 19.9. The Morgan fingerprint density at radius 3 is 2.64 bits per heavy atom. The largest absolute Gasteiger partial charge is 0.396 e. The molecule has 0 saturated carbocycles. The van der Waals surface area contributed by atoms with Crippen molar-refractivity contribution in [2.75, 3.05) is 19.7 Å². The number of piperidine rings is 2. The van der Waals surface area contributed by atoms with Crippen LogP contribution < -0.4 is 10.6 Å². The Kier molecular flexibility index (Phi) is 6.74. The first kappa shape index (κ1) is 20.0. The minimum absolute atomic E-state index is 0.126. The highest BCUT2D eigenvalue weighted by Crippen LogP contribution is 2.19. The van der Waals surface area contributed by atoms with Crippen molar-refractivity contribution in [1.82, 2.24) is 20.5 Å². The maximum Gasteiger partial charge on any atom is 0.270 e. The summed E-state index contributed by atoms with van der Waals surface area (Å²) < 4.78 is 0. The van der Waals surface area contributed by atoms with Crippen LogP contribution in [0.1, 0.15) is 41.7 Å². The van der Waals surface area contributed by atoms with Gasteiger partial charge < -0.3 is 15.7 Å². The van der Waals surface area contributed by atoms with Gasteiger partial charge >= 0.3 is 0 Å². The summed E-state index contributed by atoms with van der Waals surface area (Å²) in [5, 5.41) is 14.6. The lowest BCUT2D eigenvalue weighted by atomic mass is 9.97. The van der Waals surface area contributed by atoms with E-state index in [0.717, 1.165) is 38.0 Å². The van der Waals surface area contributed by atoms with Crippen molar-refractivity contribution in [2.45, 2.75) is 38.3 Å². The van der Waals surface area contributed by atoms with E-state index in [4.69, 9.17) is 0 Å². The highest BCUT2D eigenvalue weighted by molar-refractivity contribution is 5.92. The molecule has 3 heterocycles. The number of pyridine rings is 1. The van der Waals surface area contributed by atoms with Crippen molar-refractivity contribution in [3.05, 3.63) is 41.0 Å². The summed E-state index contributed by atoms with van der Waals surface area (Å²) in [7, 11) is 0. The molecule has 28 heavy (non-hydrogen) atoms. The fraction of sp³-hybridized carbons (Fsp3) is 0.500. The van der Waals surface area contributed by atoms with Crippen LogP contribution in [0.4, 0.5) is 0 Å². The molecule has 1 aromatic heterocycles. The molecule has 0 unspecified atom stereocenters. The summed E-state index contributed by atoms with van der Waals surface area (Å²) in [6, 6.07) is 3.02. The second-order valence-corrected chi connectivity index (χ2v) is 7.24. The van der Waals surface area contributed by atoms with Crippen LogP contribution in [-0.4, -0.2) is 58.5 Å². The monoisotopic (exact) mass is 384 g/mol. The van der Waals surface area contributed by atoms with Gasteiger partial charge in [-0.1, -0.05) is 6.07 Å². The standard InChI is InChI=1S/C20H24N4O4/c25-11-14-5-7-24(8-6-14)10-15-1-3-18(21-9-15)20(28)23-17-4-2-16(12-26)22-19(17)13-27/h1,3,9,14,17,22,25H,2,4-8,10-11H2,(H,23,28)/t17-/m0/s1. The number of hydrogen-bond donors (Lipinski definition) is 3. The van der Waals surface area contributed by atoms with Gasteiger partial charge in [0.25, 0.3) is 5.91 Å². The first-order valence-corrected chi connectivity index (χ1v) is 9.48. The maximum atomic E-state index is 12.4. The molecule has 1 amide bonds. The smallest absolute Gasteiger partial charge is 0.270 e. The number of allylic oxidation sites excluding steroid dienone is 1. The number of aliphatic hydroxyl groups is 1. The molecule has 1 aromatic rings. The molecule has 0 radical (unpaired) electrons. The number of aliphatic hydroxyl groups excluding tert-OH is 1. The third kappa shape index (κ3) is 4.94. The van der Waals surface area contributed by atoms with E-state index in [1.807, 2.05) is 6.07 Å². The first-order valence-electron chi connectivity index (χ1n) is 9.48. The molecular formula is C20H24N4O4. The van der Waals surface area contributed by atoms with Gasteiger partial charge in [-0.15, -0.1) is 0 Å². The van der Waals surface area contributed by atoms with Gasteiger partial charge in [-0.25, -0.2) is 9.59 Å². The molecule has 0 bridgehead atoms. The highest BCUT2D eigenvalue weighted by Gasteiger charge is 2.25. The lowest BCUT2D eigenvalue weighted by Gasteiger charge is -2.30. The van der Waals surface area contributed by atoms with Crippen molar-refractivity contribution >= 4 is 17.8 Å². The number of carbonyl (C=O) groups excluding carboxylic acids is 3. The van der Waals surface area contributed by atoms with Gasteiger partial charge in [0.05, 0.1) is 6.04 Å². The van der Waals surface area contributed by atoms with Crippen molar-refractivity contribution < 1.29 is 19.5 Å². The second-order valence-electron chi connectivity index (χ2n) is 7.24. The average Bonchev–Trinajstić information content (AvgIpc) is 2.75. The van der Waals surface area contributed by atoms with Crippen LogP contribution in [0, 0.1) is 5.92 Å². The van der Waals surface area contributed by atoms with Crippen LogP contribution in [0.2, 0.25) is 0 Å². The Balaban J connectivity index is 1.55. The van der Waals surface area contributed by atoms with Gasteiger partial charge in [0.2, 0.25) is 0 Å². The van der Waals surface area contributed by atoms with Crippen LogP contribution in [0.15, 0.2) is 29.7 Å². The summed E-state index contributed by atoms with van der Waals surface area (Å²) in [5.74, 6) is 3.49. The Morgan fingerprint density at radius 2 is 2.04 bits per heavy atom. The summed E-state index contributed by atoms with van der Waals surface area (Å²) in [6.45, 7) is 2.91. The molecule has 3 rings (SSSR count). The van der Waals surface area contributed by atoms with Gasteiger partial charge in [0, 0.05) is 25.8 Å². The van der Waals surface area contributed by atoms with Gasteiger partial charge in [-0.2, -0.15) is 0 Å². The number of hydrogen-bond acceptors (Lipinski definition) is 7. The van der Waals surface area contributed by atoms with Crippen LogP contribution >= 0.6 is 0 Å². The number of nitrogens with one attached hydrogen (secondary N) is 2. The van der Waals surface area contributed by atoms with Crippen LogP contribution in [0.3, 0.4) is 0 Å². The summed E-state index contributed by atoms with van der Waals surface area (Å²) in [6.07, 6.45) is 4.51. The van der Waals surface area contributed by atoms with Gasteiger partial charge in [0.15, 0.2) is 0 Å². The number of likely N-dealkylation sites (tertiary alicyclic amines) is 1. The lowest BCUT2D eigenvalue weighted by molar-refractivity contribution is 0.0933. The Labute approximate surface area is 163 Å². The van der Waals surface area contributed by atoms with Crippen LogP contribution in [0.5, 0.6) is 0 Å². The van der Waals surface area contributed by atoms with Crippen LogP contribution in [0.25, 0.3) is 0 Å². The zero-order valence-corrected chi connectivity index (χ0v) is 15.6. The molecule has 8 heteroatoms. The second kappa shape index (κ2) is 9.44. The lowest BCUT2D eigenvalue weighted by Crippen LogP contribution is -2.43. The molecular weight excluding hydrogens is 360 g/mol. The summed E-state index contributed by atoms with van der Waals surface area (Å²) in [4.78, 5) is 40.8. The normalized spacial score (nSPS) is 20.8. The molecule has 8 nitrogen and oxygen atoms in total. The SMILES string of the molecule is O=C=C1CC[C@H](NC(=O)c2ccc(CN3CCC(CO)CC3)cn2)C(=C=O)N1. The summed E-state index contributed by atoms with van der Waals surface area (Å²) >= 11 is 0. The Bertz CT molecular complexity index is 802. The zero-order valence-electron chi connectivity index (χ0n) is 15.6. The fourth-order valence-corrected chi connectivity index (χ4v) is 3.53. The quantitative estimate of drug-likeness (QED) is 0.622. The van der Waals surface area contributed by atoms with Gasteiger partial charge in [-0.3, -0.25) is 14.7 Å². The van der Waals surface area contributed by atoms with Crippen molar-refractivity contribution in [1.29, 1.82) is 0 Å². The molecule has 0 aromatic carbocycles. The minimum atomic E-state index is -0.531. The number of rotatable bonds is 5. The highest BCUT2D eigenvalue weighted by atomic mass is 16.3. The van der Waals surface area contributed by atoms with E-state index in [-0.39, 0.29) is 29.6 Å². The van der Waals surface area contributed by atoms with E-state index in [1.165, 1.54) is 0 Å². The number of aromatic nitrogens is 1. The molecule has 2 aliphatic rings. The first-order chi connectivity index (χ1) is 13.6. The van der Waals surface area contributed by atoms with Crippen molar-refractivity contribution in [3.63, 3.8) is 0 Å². The third-order valence-corrected chi connectivity index (χ3v) is 5.28. The Morgan fingerprint density at radius 1 is 1.25 bits per heavy atom. The Hall–Kier alpha value is -2.76. The van der Waals surface area contributed by atoms with Gasteiger partial charge in [0.1, 0.15) is 29.0 Å². The molecule has 148 valence electrons. The maximum absolute atomic E-state index is 12.4. The molecule has 0 spiro atoms. The molecule has 2 saturated heterocycles. The van der Waals surface area contributed by atoms with Gasteiger partial charge in [-0.05, 0) is 49.9 Å².